The van der Waals surface area contributed by atoms with E-state index in [-0.39, 0.29) is 37.4 Å². The van der Waals surface area contributed by atoms with E-state index in [2.05, 4.69) is 10.2 Å². The molecule has 2 fully saturated rings. The molecule has 11 heteroatoms. The second-order valence-electron chi connectivity index (χ2n) is 13.0. The van der Waals surface area contributed by atoms with Gasteiger partial charge in [0.05, 0.1) is 18.8 Å². The number of nitrogens with zero attached hydrogens (tertiary/aromatic N) is 1. The smallest absolute Gasteiger partial charge is 0.323 e. The van der Waals surface area contributed by atoms with E-state index < -0.39 is 21.6 Å². The Labute approximate surface area is 291 Å². The second kappa shape index (κ2) is 15.2. The van der Waals surface area contributed by atoms with Crippen molar-refractivity contribution >= 4 is 46.7 Å². The van der Waals surface area contributed by atoms with Crippen molar-refractivity contribution in [3.8, 4) is 11.1 Å². The van der Waals surface area contributed by atoms with Crippen LogP contribution in [-0.4, -0.2) is 56.5 Å². The van der Waals surface area contributed by atoms with E-state index in [0.717, 1.165) is 52.8 Å². The van der Waals surface area contributed by atoms with Crippen molar-refractivity contribution in [2.45, 2.75) is 87.1 Å². The Morgan fingerprint density at radius 1 is 0.936 bits per heavy atom. The number of nitrogens with one attached hydrogen (secondary N) is 1. The molecule has 0 saturated carbocycles. The number of hydrogen-bond acceptors (Lipinski definition) is 7. The zero-order chi connectivity index (χ0) is 33.8. The molecule has 0 radical (unpaired) electrons. The molecular formula is C36H41Cl3N2O6. The molecule has 2 N–H and O–H groups in total. The maximum atomic E-state index is 13.0. The summed E-state index contributed by atoms with van der Waals surface area (Å²) in [6.07, 6.45) is 1.23. The van der Waals surface area contributed by atoms with Crippen LogP contribution in [0.25, 0.3) is 11.1 Å². The molecule has 0 aromatic heterocycles. The molecular weight excluding hydrogens is 663 g/mol. The zero-order valence-electron chi connectivity index (χ0n) is 26.8. The molecule has 8 nitrogen and oxygen atoms in total. The fourth-order valence-electron chi connectivity index (χ4n) is 5.95. The van der Waals surface area contributed by atoms with Gasteiger partial charge in [0.15, 0.2) is 6.29 Å². The third-order valence-electron chi connectivity index (χ3n) is 8.25. The lowest BCUT2D eigenvalue weighted by Crippen LogP contribution is -2.45. The Bertz CT molecular complexity index is 1520. The largest absolute Gasteiger partial charge is 0.459 e. The minimum atomic E-state index is -2.02. The highest BCUT2D eigenvalue weighted by Crippen LogP contribution is 2.39. The van der Waals surface area contributed by atoms with E-state index in [4.69, 9.17) is 49.0 Å². The van der Waals surface area contributed by atoms with Crippen molar-refractivity contribution < 1.29 is 28.9 Å². The quantitative estimate of drug-likeness (QED) is 0.180. The number of ether oxygens (including phenoxy) is 3. The summed E-state index contributed by atoms with van der Waals surface area (Å²) < 4.78 is 16.8. The van der Waals surface area contributed by atoms with Crippen LogP contribution in [0.3, 0.4) is 0 Å². The van der Waals surface area contributed by atoms with Gasteiger partial charge in [-0.3, -0.25) is 14.5 Å². The average Bonchev–Trinajstić information content (AvgIpc) is 3.51. The summed E-state index contributed by atoms with van der Waals surface area (Å²) in [4.78, 5) is 27.2. The van der Waals surface area contributed by atoms with Crippen LogP contribution in [0.2, 0.25) is 0 Å². The normalized spacial score (nSPS) is 22.2. The zero-order valence-corrected chi connectivity index (χ0v) is 29.0. The standard InChI is InChI=1S/C36H41Cl3N2O6/c1-35(2,3)47-32(43)30-8-5-17-41(30)21-29-19-31(26-11-9-23(22-42)10-12-26)46-33(45-29)27-15-13-25(14-16-27)28-7-4-6-24(18-28)20-40-34(44)36(37,38)39/h4,6-7,9-16,18,29-31,33,42H,5,8,17,19-22H2,1-3H3,(H,40,44). The molecule has 1 amide bonds. The van der Waals surface area contributed by atoms with Gasteiger partial charge >= 0.3 is 5.97 Å². The van der Waals surface area contributed by atoms with E-state index in [1.807, 2.05) is 93.6 Å². The summed E-state index contributed by atoms with van der Waals surface area (Å²) in [6.45, 7) is 7.23. The van der Waals surface area contributed by atoms with Crippen molar-refractivity contribution in [2.75, 3.05) is 13.1 Å². The van der Waals surface area contributed by atoms with Gasteiger partial charge in [-0.15, -0.1) is 0 Å². The summed E-state index contributed by atoms with van der Waals surface area (Å²) in [5, 5.41) is 12.2. The number of halogens is 3. The first kappa shape index (κ1) is 35.6. The molecule has 2 aliphatic heterocycles. The van der Waals surface area contributed by atoms with Crippen LogP contribution in [-0.2, 0) is 37.0 Å². The lowest BCUT2D eigenvalue weighted by molar-refractivity contribution is -0.253. The first-order chi connectivity index (χ1) is 22.3. The molecule has 2 heterocycles. The first-order valence-corrected chi connectivity index (χ1v) is 16.9. The number of likely N-dealkylation sites (tertiary alicyclic amines) is 1. The van der Waals surface area contributed by atoms with Crippen LogP contribution in [0.1, 0.15) is 74.7 Å². The van der Waals surface area contributed by atoms with E-state index in [1.54, 1.807) is 0 Å². The topological polar surface area (TPSA) is 97.3 Å². The minimum Gasteiger partial charge on any atom is -0.459 e. The number of alkyl halides is 3. The van der Waals surface area contributed by atoms with Crippen molar-refractivity contribution in [3.05, 3.63) is 95.1 Å². The van der Waals surface area contributed by atoms with Gasteiger partial charge in [0.25, 0.3) is 9.70 Å². The Balaban J connectivity index is 1.33. The van der Waals surface area contributed by atoms with E-state index >= 15 is 0 Å². The fraction of sp³-hybridized carbons (Fsp3) is 0.444. The number of aliphatic hydroxyl groups excluding tert-OH is 1. The molecule has 0 spiro atoms. The Morgan fingerprint density at radius 2 is 1.64 bits per heavy atom. The molecule has 4 unspecified atom stereocenters. The number of esters is 1. The molecule has 3 aromatic carbocycles. The molecule has 0 aliphatic carbocycles. The van der Waals surface area contributed by atoms with Gasteiger partial charge in [-0.25, -0.2) is 0 Å². The predicted octanol–water partition coefficient (Wildman–Crippen LogP) is 7.18. The maximum absolute atomic E-state index is 13.0. The Morgan fingerprint density at radius 3 is 2.30 bits per heavy atom. The van der Waals surface area contributed by atoms with Crippen LogP contribution in [0.4, 0.5) is 0 Å². The maximum Gasteiger partial charge on any atom is 0.323 e. The summed E-state index contributed by atoms with van der Waals surface area (Å²) in [6, 6.07) is 23.2. The van der Waals surface area contributed by atoms with Crippen LogP contribution in [0.5, 0.6) is 0 Å². The monoisotopic (exact) mass is 702 g/mol. The van der Waals surface area contributed by atoms with Gasteiger partial charge in [-0.1, -0.05) is 102 Å². The first-order valence-electron chi connectivity index (χ1n) is 15.8. The van der Waals surface area contributed by atoms with Crippen LogP contribution in [0.15, 0.2) is 72.8 Å². The summed E-state index contributed by atoms with van der Waals surface area (Å²) in [5.41, 5.74) is 4.95. The number of carbonyl (C=O) groups excluding carboxylic acids is 2. The number of rotatable bonds is 9. The Kier molecular flexibility index (Phi) is 11.6. The predicted molar refractivity (Wildman–Crippen MR) is 183 cm³/mol. The molecule has 2 saturated heterocycles. The molecule has 47 heavy (non-hydrogen) atoms. The number of carbonyl (C=O) groups is 2. The Hall–Kier alpha value is -2.69. The van der Waals surface area contributed by atoms with Crippen LogP contribution in [0, 0.1) is 0 Å². The van der Waals surface area contributed by atoms with Crippen molar-refractivity contribution in [1.29, 1.82) is 0 Å². The van der Waals surface area contributed by atoms with E-state index in [1.165, 1.54) is 0 Å². The molecule has 4 atom stereocenters. The lowest BCUT2D eigenvalue weighted by atomic mass is 9.98. The van der Waals surface area contributed by atoms with Crippen molar-refractivity contribution in [1.82, 2.24) is 10.2 Å². The number of aliphatic hydroxyl groups is 1. The fourth-order valence-corrected chi connectivity index (χ4v) is 6.15. The summed E-state index contributed by atoms with van der Waals surface area (Å²) >= 11 is 17.0. The highest BCUT2D eigenvalue weighted by molar-refractivity contribution is 6.76. The van der Waals surface area contributed by atoms with Gasteiger partial charge in [-0.2, -0.15) is 0 Å². The highest BCUT2D eigenvalue weighted by Gasteiger charge is 2.39. The lowest BCUT2D eigenvalue weighted by Gasteiger charge is -2.38. The van der Waals surface area contributed by atoms with Crippen LogP contribution >= 0.6 is 34.8 Å². The van der Waals surface area contributed by atoms with Crippen LogP contribution < -0.4 is 5.32 Å². The van der Waals surface area contributed by atoms with Gasteiger partial charge in [0, 0.05) is 25.1 Å². The number of hydrogen-bond donors (Lipinski definition) is 2. The van der Waals surface area contributed by atoms with E-state index in [9.17, 15) is 14.7 Å². The highest BCUT2D eigenvalue weighted by atomic mass is 35.6. The van der Waals surface area contributed by atoms with Crippen molar-refractivity contribution in [2.24, 2.45) is 0 Å². The SMILES string of the molecule is CC(C)(C)OC(=O)C1CCCN1CC1CC(c2ccc(CO)cc2)OC(c2ccc(-c3cccc(CNC(=O)C(Cl)(Cl)Cl)c3)cc2)O1. The third kappa shape index (κ3) is 9.70. The molecule has 2 aliphatic rings. The molecule has 3 aromatic rings. The number of benzene rings is 3. The molecule has 0 bridgehead atoms. The van der Waals surface area contributed by atoms with Gasteiger partial charge < -0.3 is 24.6 Å². The molecule has 5 rings (SSSR count). The summed E-state index contributed by atoms with van der Waals surface area (Å²) in [7, 11) is 0. The minimum absolute atomic E-state index is 0.0277. The van der Waals surface area contributed by atoms with Gasteiger partial charge in [0.2, 0.25) is 0 Å². The van der Waals surface area contributed by atoms with E-state index in [0.29, 0.717) is 13.0 Å². The third-order valence-corrected chi connectivity index (χ3v) is 8.76. The summed E-state index contributed by atoms with van der Waals surface area (Å²) in [5.74, 6) is -0.877. The average molecular weight is 704 g/mol. The van der Waals surface area contributed by atoms with Gasteiger partial charge in [0.1, 0.15) is 11.6 Å². The molecule has 252 valence electrons. The number of amides is 1. The second-order valence-corrected chi connectivity index (χ2v) is 15.3. The van der Waals surface area contributed by atoms with Gasteiger partial charge in [-0.05, 0) is 74.0 Å². The van der Waals surface area contributed by atoms with Crippen molar-refractivity contribution in [3.63, 3.8) is 0 Å².